The number of ether oxygens (including phenoxy) is 1. The number of carboxylic acid groups (broad SMARTS) is 1. The molecule has 0 saturated heterocycles. The van der Waals surface area contributed by atoms with Crippen LogP contribution in [-0.2, 0) is 23.2 Å². The first kappa shape index (κ1) is 23.1. The van der Waals surface area contributed by atoms with E-state index in [1.54, 1.807) is 30.5 Å². The van der Waals surface area contributed by atoms with Gasteiger partial charge in [-0.1, -0.05) is 20.8 Å². The van der Waals surface area contributed by atoms with Crippen LogP contribution in [0.3, 0.4) is 0 Å². The summed E-state index contributed by atoms with van der Waals surface area (Å²) < 4.78 is 7.55. The molecule has 0 unspecified atom stereocenters. The molecular weight excluding hydrogens is 386 g/mol. The van der Waals surface area contributed by atoms with Crippen molar-refractivity contribution in [2.45, 2.75) is 46.8 Å². The average molecular weight is 415 g/mol. The number of hydrogen-bond donors (Lipinski definition) is 2. The Hall–Kier alpha value is -3.16. The highest BCUT2D eigenvalue weighted by Gasteiger charge is 2.34. The molecule has 0 bridgehead atoms. The van der Waals surface area contributed by atoms with E-state index in [1.807, 2.05) is 38.6 Å². The number of imidazole rings is 1. The fourth-order valence-corrected chi connectivity index (χ4v) is 2.89. The summed E-state index contributed by atoms with van der Waals surface area (Å²) in [7, 11) is 1.88. The van der Waals surface area contributed by atoms with Crippen LogP contribution in [0.1, 0.15) is 50.3 Å². The van der Waals surface area contributed by atoms with E-state index in [2.05, 4.69) is 10.3 Å². The second kappa shape index (κ2) is 9.56. The lowest BCUT2D eigenvalue weighted by atomic mass is 9.76. The molecule has 1 aromatic carbocycles. The second-order valence-corrected chi connectivity index (χ2v) is 8.38. The molecule has 1 amide bonds. The summed E-state index contributed by atoms with van der Waals surface area (Å²) in [5.74, 6) is -1.03. The molecule has 0 aliphatic rings. The van der Waals surface area contributed by atoms with Crippen LogP contribution in [-0.4, -0.2) is 38.4 Å². The number of rotatable bonds is 9. The van der Waals surface area contributed by atoms with Crippen molar-refractivity contribution < 1.29 is 24.2 Å². The molecule has 30 heavy (non-hydrogen) atoms. The number of carbonyl (C=O) groups excluding carboxylic acids is 2. The Morgan fingerprint density at radius 2 is 1.83 bits per heavy atom. The van der Waals surface area contributed by atoms with Gasteiger partial charge in [-0.15, -0.1) is 0 Å². The van der Waals surface area contributed by atoms with Crippen LogP contribution >= 0.6 is 0 Å². The van der Waals surface area contributed by atoms with Crippen molar-refractivity contribution >= 4 is 17.7 Å². The number of aryl methyl sites for hydroxylation is 1. The zero-order chi connectivity index (χ0) is 22.5. The molecule has 2 atom stereocenters. The van der Waals surface area contributed by atoms with Gasteiger partial charge in [0, 0.05) is 31.4 Å². The summed E-state index contributed by atoms with van der Waals surface area (Å²) in [5.41, 5.74) is -0.0454. The van der Waals surface area contributed by atoms with Crippen LogP contribution in [0.4, 0.5) is 0 Å². The molecule has 1 heterocycles. The van der Waals surface area contributed by atoms with Crippen molar-refractivity contribution in [3.05, 3.63) is 48.0 Å². The summed E-state index contributed by atoms with van der Waals surface area (Å²) in [4.78, 5) is 40.6. The minimum atomic E-state index is -1.12. The van der Waals surface area contributed by atoms with Gasteiger partial charge in [0.15, 0.2) is 5.78 Å². The van der Waals surface area contributed by atoms with Gasteiger partial charge in [-0.3, -0.25) is 14.4 Å². The van der Waals surface area contributed by atoms with E-state index in [9.17, 15) is 14.4 Å². The minimum Gasteiger partial charge on any atom is -0.486 e. The number of aromatic nitrogens is 2. The molecule has 0 radical (unpaired) electrons. The smallest absolute Gasteiger partial charge is 0.325 e. The van der Waals surface area contributed by atoms with Gasteiger partial charge in [0.25, 0.3) is 0 Å². The van der Waals surface area contributed by atoms with Crippen LogP contribution in [0.5, 0.6) is 5.75 Å². The van der Waals surface area contributed by atoms with Crippen LogP contribution in [0, 0.1) is 11.3 Å². The van der Waals surface area contributed by atoms with E-state index >= 15 is 0 Å². The molecule has 0 aliphatic carbocycles. The van der Waals surface area contributed by atoms with Crippen molar-refractivity contribution in [2.24, 2.45) is 18.4 Å². The molecule has 0 spiro atoms. The molecule has 2 rings (SSSR count). The van der Waals surface area contributed by atoms with Gasteiger partial charge in [0.2, 0.25) is 5.91 Å². The van der Waals surface area contributed by atoms with Gasteiger partial charge in [-0.2, -0.15) is 0 Å². The number of amides is 1. The number of nitrogens with one attached hydrogen (secondary N) is 1. The highest BCUT2D eigenvalue weighted by molar-refractivity contribution is 5.99. The fraction of sp³-hybridized carbons (Fsp3) is 0.455. The fourth-order valence-electron chi connectivity index (χ4n) is 2.89. The van der Waals surface area contributed by atoms with Crippen molar-refractivity contribution in [3.8, 4) is 5.75 Å². The summed E-state index contributed by atoms with van der Waals surface area (Å²) >= 11 is 0. The molecule has 8 nitrogen and oxygen atoms in total. The first-order valence-electron chi connectivity index (χ1n) is 9.74. The third kappa shape index (κ3) is 6.17. The Bertz CT molecular complexity index is 896. The van der Waals surface area contributed by atoms with Gasteiger partial charge in [0.05, 0.1) is 5.92 Å². The van der Waals surface area contributed by atoms with Crippen molar-refractivity contribution in [1.82, 2.24) is 14.9 Å². The summed E-state index contributed by atoms with van der Waals surface area (Å²) in [5, 5.41) is 11.5. The SMILES string of the molecule is C[C@H](NC(=O)[C@@H](CC(=O)c1ccc(OCc2nccn2C)cc1)C(C)(C)C)C(=O)O. The molecule has 162 valence electrons. The van der Waals surface area contributed by atoms with Crippen LogP contribution in [0.2, 0.25) is 0 Å². The van der Waals surface area contributed by atoms with Gasteiger partial charge in [-0.05, 0) is 36.6 Å². The maximum Gasteiger partial charge on any atom is 0.325 e. The predicted molar refractivity (Wildman–Crippen MR) is 111 cm³/mol. The van der Waals surface area contributed by atoms with Crippen LogP contribution in [0.25, 0.3) is 0 Å². The van der Waals surface area contributed by atoms with E-state index < -0.39 is 29.3 Å². The molecule has 0 saturated carbocycles. The largest absolute Gasteiger partial charge is 0.486 e. The summed E-state index contributed by atoms with van der Waals surface area (Å²) in [6.45, 7) is 7.26. The molecular formula is C22H29N3O5. The van der Waals surface area contributed by atoms with Crippen molar-refractivity contribution in [2.75, 3.05) is 0 Å². The second-order valence-electron chi connectivity index (χ2n) is 8.38. The van der Waals surface area contributed by atoms with Crippen LogP contribution < -0.4 is 10.1 Å². The third-order valence-electron chi connectivity index (χ3n) is 4.95. The number of ketones is 1. The first-order chi connectivity index (χ1) is 14.0. The number of carbonyl (C=O) groups is 3. The topological polar surface area (TPSA) is 111 Å². The highest BCUT2D eigenvalue weighted by Crippen LogP contribution is 2.30. The van der Waals surface area contributed by atoms with Crippen molar-refractivity contribution in [1.29, 1.82) is 0 Å². The van der Waals surface area contributed by atoms with Gasteiger partial charge >= 0.3 is 5.97 Å². The number of hydrogen-bond acceptors (Lipinski definition) is 5. The lowest BCUT2D eigenvalue weighted by molar-refractivity contribution is -0.142. The maximum atomic E-state index is 12.8. The molecule has 0 fully saturated rings. The van der Waals surface area contributed by atoms with Gasteiger partial charge in [-0.25, -0.2) is 4.98 Å². The summed E-state index contributed by atoms with van der Waals surface area (Å²) in [6, 6.07) is 5.71. The van der Waals surface area contributed by atoms with E-state index in [0.29, 0.717) is 17.9 Å². The average Bonchev–Trinajstić information content (AvgIpc) is 3.08. The Morgan fingerprint density at radius 3 is 2.33 bits per heavy atom. The van der Waals surface area contributed by atoms with Crippen molar-refractivity contribution in [3.63, 3.8) is 0 Å². The molecule has 2 aromatic rings. The monoisotopic (exact) mass is 415 g/mol. The van der Waals surface area contributed by atoms with E-state index in [4.69, 9.17) is 9.84 Å². The van der Waals surface area contributed by atoms with Crippen LogP contribution in [0.15, 0.2) is 36.7 Å². The lowest BCUT2D eigenvalue weighted by Gasteiger charge is -2.30. The molecule has 8 heteroatoms. The van der Waals surface area contributed by atoms with Gasteiger partial charge < -0.3 is 19.7 Å². The Morgan fingerprint density at radius 1 is 1.20 bits per heavy atom. The lowest BCUT2D eigenvalue weighted by Crippen LogP contribution is -2.45. The Balaban J connectivity index is 2.03. The first-order valence-corrected chi connectivity index (χ1v) is 9.74. The number of aliphatic carboxylic acids is 1. The van der Waals surface area contributed by atoms with E-state index in [1.165, 1.54) is 6.92 Å². The quantitative estimate of drug-likeness (QED) is 0.610. The zero-order valence-electron chi connectivity index (χ0n) is 18.0. The molecule has 2 N–H and O–H groups in total. The highest BCUT2D eigenvalue weighted by atomic mass is 16.5. The standard InChI is InChI=1S/C22H29N3O5/c1-14(21(28)29)24-20(27)17(22(2,3)4)12-18(26)15-6-8-16(9-7-15)30-13-19-23-10-11-25(19)5/h6-11,14,17H,12-13H2,1-5H3,(H,24,27)(H,28,29)/t14-,17+/m0/s1. The zero-order valence-corrected chi connectivity index (χ0v) is 18.0. The Labute approximate surface area is 176 Å². The van der Waals surface area contributed by atoms with E-state index in [-0.39, 0.29) is 12.2 Å². The van der Waals surface area contributed by atoms with E-state index in [0.717, 1.165) is 5.82 Å². The van der Waals surface area contributed by atoms with Gasteiger partial charge in [0.1, 0.15) is 24.2 Å². The molecule has 0 aliphatic heterocycles. The number of carboxylic acids is 1. The minimum absolute atomic E-state index is 0.0187. The number of nitrogens with zero attached hydrogens (tertiary/aromatic N) is 2. The number of Topliss-reactive ketones (excluding diaryl/α,β-unsaturated/α-hetero) is 1. The third-order valence-corrected chi connectivity index (χ3v) is 4.95. The Kier molecular flexibility index (Phi) is 7.37. The number of benzene rings is 1. The maximum absolute atomic E-state index is 12.8. The normalized spacial score (nSPS) is 13.4. The summed E-state index contributed by atoms with van der Waals surface area (Å²) in [6.07, 6.45) is 3.51. The molecule has 1 aromatic heterocycles. The predicted octanol–water partition coefficient (Wildman–Crippen LogP) is 2.82.